The second kappa shape index (κ2) is 6.35. The van der Waals surface area contributed by atoms with E-state index in [9.17, 15) is 9.18 Å². The number of amides is 1. The van der Waals surface area contributed by atoms with Crippen molar-refractivity contribution in [3.8, 4) is 0 Å². The van der Waals surface area contributed by atoms with E-state index in [0.717, 1.165) is 0 Å². The SMILES string of the molecule is CCN(CC)C(=O)CC(N)c1ccccc1F. The third kappa shape index (κ3) is 3.53. The van der Waals surface area contributed by atoms with E-state index in [1.807, 2.05) is 13.8 Å². The minimum absolute atomic E-state index is 0.0363. The lowest BCUT2D eigenvalue weighted by atomic mass is 10.0. The maximum absolute atomic E-state index is 13.5. The fourth-order valence-corrected chi connectivity index (χ4v) is 1.78. The van der Waals surface area contributed by atoms with Gasteiger partial charge in [0.15, 0.2) is 0 Å². The molecule has 0 aliphatic rings. The largest absolute Gasteiger partial charge is 0.343 e. The molecule has 0 spiro atoms. The first kappa shape index (κ1) is 13.6. The molecule has 0 saturated heterocycles. The molecular formula is C13H19FN2O. The highest BCUT2D eigenvalue weighted by Crippen LogP contribution is 2.18. The lowest BCUT2D eigenvalue weighted by molar-refractivity contribution is -0.131. The van der Waals surface area contributed by atoms with Crippen molar-refractivity contribution >= 4 is 5.91 Å². The summed E-state index contributed by atoms with van der Waals surface area (Å²) in [5, 5.41) is 0. The molecule has 1 unspecified atom stereocenters. The molecule has 3 nitrogen and oxygen atoms in total. The van der Waals surface area contributed by atoms with Gasteiger partial charge in [-0.2, -0.15) is 0 Å². The van der Waals surface area contributed by atoms with Gasteiger partial charge in [-0.25, -0.2) is 4.39 Å². The number of hydrogen-bond acceptors (Lipinski definition) is 2. The summed E-state index contributed by atoms with van der Waals surface area (Å²) in [6.07, 6.45) is 0.141. The quantitative estimate of drug-likeness (QED) is 0.853. The van der Waals surface area contributed by atoms with Crippen molar-refractivity contribution in [3.63, 3.8) is 0 Å². The van der Waals surface area contributed by atoms with Crippen LogP contribution in [0.25, 0.3) is 0 Å². The number of hydrogen-bond donors (Lipinski definition) is 1. The summed E-state index contributed by atoms with van der Waals surface area (Å²) in [4.78, 5) is 13.5. The summed E-state index contributed by atoms with van der Waals surface area (Å²) >= 11 is 0. The highest BCUT2D eigenvalue weighted by atomic mass is 19.1. The molecule has 1 aromatic rings. The highest BCUT2D eigenvalue weighted by molar-refractivity contribution is 5.77. The first-order chi connectivity index (χ1) is 8.10. The van der Waals surface area contributed by atoms with Gasteiger partial charge in [0.2, 0.25) is 5.91 Å². The summed E-state index contributed by atoms with van der Waals surface area (Å²) in [7, 11) is 0. The molecule has 0 aromatic heterocycles. The monoisotopic (exact) mass is 238 g/mol. The van der Waals surface area contributed by atoms with Crippen LogP contribution in [0.2, 0.25) is 0 Å². The Morgan fingerprint density at radius 2 is 1.94 bits per heavy atom. The minimum atomic E-state index is -0.579. The minimum Gasteiger partial charge on any atom is -0.343 e. The predicted octanol–water partition coefficient (Wildman–Crippen LogP) is 2.08. The van der Waals surface area contributed by atoms with Crippen LogP contribution in [0.3, 0.4) is 0 Å². The van der Waals surface area contributed by atoms with Crippen LogP contribution in [-0.2, 0) is 4.79 Å². The van der Waals surface area contributed by atoms with Crippen molar-refractivity contribution in [3.05, 3.63) is 35.6 Å². The third-order valence-electron chi connectivity index (χ3n) is 2.82. The van der Waals surface area contributed by atoms with E-state index in [1.165, 1.54) is 6.07 Å². The third-order valence-corrected chi connectivity index (χ3v) is 2.82. The summed E-state index contributed by atoms with van der Waals surface area (Å²) in [6, 6.07) is 5.73. The van der Waals surface area contributed by atoms with E-state index in [1.54, 1.807) is 23.1 Å². The summed E-state index contributed by atoms with van der Waals surface area (Å²) in [6.45, 7) is 5.13. The lowest BCUT2D eigenvalue weighted by Gasteiger charge is -2.21. The molecule has 0 radical (unpaired) electrons. The fourth-order valence-electron chi connectivity index (χ4n) is 1.78. The average Bonchev–Trinajstić information content (AvgIpc) is 2.31. The van der Waals surface area contributed by atoms with Crippen LogP contribution in [0, 0.1) is 5.82 Å². The Kier molecular flexibility index (Phi) is 5.10. The topological polar surface area (TPSA) is 46.3 Å². The normalized spacial score (nSPS) is 12.2. The molecule has 0 aliphatic heterocycles. The van der Waals surface area contributed by atoms with Crippen LogP contribution in [0.5, 0.6) is 0 Å². The summed E-state index contributed by atoms with van der Waals surface area (Å²) in [5.41, 5.74) is 6.25. The molecule has 17 heavy (non-hydrogen) atoms. The van der Waals surface area contributed by atoms with E-state index in [0.29, 0.717) is 18.7 Å². The second-order valence-corrected chi connectivity index (χ2v) is 3.90. The smallest absolute Gasteiger partial charge is 0.224 e. The van der Waals surface area contributed by atoms with E-state index < -0.39 is 6.04 Å². The van der Waals surface area contributed by atoms with Crippen molar-refractivity contribution in [2.45, 2.75) is 26.3 Å². The van der Waals surface area contributed by atoms with E-state index in [-0.39, 0.29) is 18.1 Å². The molecular weight excluding hydrogens is 219 g/mol. The lowest BCUT2D eigenvalue weighted by Crippen LogP contribution is -2.33. The Morgan fingerprint density at radius 1 is 1.35 bits per heavy atom. The summed E-state index contributed by atoms with van der Waals surface area (Å²) in [5.74, 6) is -0.391. The number of nitrogens with zero attached hydrogens (tertiary/aromatic N) is 1. The first-order valence-corrected chi connectivity index (χ1v) is 5.87. The van der Waals surface area contributed by atoms with Gasteiger partial charge >= 0.3 is 0 Å². The fraction of sp³-hybridized carbons (Fsp3) is 0.462. The Hall–Kier alpha value is -1.42. The maximum Gasteiger partial charge on any atom is 0.224 e. The van der Waals surface area contributed by atoms with E-state index in [4.69, 9.17) is 5.73 Å². The van der Waals surface area contributed by atoms with E-state index in [2.05, 4.69) is 0 Å². The van der Waals surface area contributed by atoms with Crippen LogP contribution >= 0.6 is 0 Å². The first-order valence-electron chi connectivity index (χ1n) is 5.87. The molecule has 1 aromatic carbocycles. The van der Waals surface area contributed by atoms with Gasteiger partial charge in [-0.3, -0.25) is 4.79 Å². The molecule has 1 atom stereocenters. The van der Waals surface area contributed by atoms with Crippen LogP contribution in [-0.4, -0.2) is 23.9 Å². The molecule has 0 fully saturated rings. The van der Waals surface area contributed by atoms with E-state index >= 15 is 0 Å². The summed E-state index contributed by atoms with van der Waals surface area (Å²) < 4.78 is 13.5. The van der Waals surface area contributed by atoms with Crippen molar-refractivity contribution in [2.24, 2.45) is 5.73 Å². The number of carbonyl (C=O) groups is 1. The number of rotatable bonds is 5. The maximum atomic E-state index is 13.5. The molecule has 0 bridgehead atoms. The standard InChI is InChI=1S/C13H19FN2O/c1-3-16(4-2)13(17)9-12(15)10-7-5-6-8-11(10)14/h5-8,12H,3-4,9,15H2,1-2H3. The highest BCUT2D eigenvalue weighted by Gasteiger charge is 2.17. The molecule has 4 heteroatoms. The van der Waals surface area contributed by atoms with Gasteiger partial charge in [-0.15, -0.1) is 0 Å². The molecule has 1 rings (SSSR count). The second-order valence-electron chi connectivity index (χ2n) is 3.90. The molecule has 0 aliphatic carbocycles. The average molecular weight is 238 g/mol. The molecule has 0 saturated carbocycles. The van der Waals surface area contributed by atoms with Gasteiger partial charge in [-0.05, 0) is 19.9 Å². The Bertz CT molecular complexity index is 377. The zero-order valence-corrected chi connectivity index (χ0v) is 10.3. The predicted molar refractivity (Wildman–Crippen MR) is 65.9 cm³/mol. The number of nitrogens with two attached hydrogens (primary N) is 1. The Morgan fingerprint density at radius 3 is 2.47 bits per heavy atom. The van der Waals surface area contributed by atoms with Crippen molar-refractivity contribution < 1.29 is 9.18 Å². The number of carbonyl (C=O) groups excluding carboxylic acids is 1. The number of halogens is 1. The van der Waals surface area contributed by atoms with Gasteiger partial charge in [0.25, 0.3) is 0 Å². The van der Waals surface area contributed by atoms with Crippen LogP contribution in [0.4, 0.5) is 4.39 Å². The van der Waals surface area contributed by atoms with Crippen molar-refractivity contribution in [1.82, 2.24) is 4.90 Å². The van der Waals surface area contributed by atoms with Crippen LogP contribution < -0.4 is 5.73 Å². The Labute approximate surface area is 101 Å². The van der Waals surface area contributed by atoms with Gasteiger partial charge < -0.3 is 10.6 Å². The number of benzene rings is 1. The van der Waals surface area contributed by atoms with Gasteiger partial charge in [0.1, 0.15) is 5.82 Å². The molecule has 0 heterocycles. The van der Waals surface area contributed by atoms with Crippen molar-refractivity contribution in [1.29, 1.82) is 0 Å². The van der Waals surface area contributed by atoms with Crippen LogP contribution in [0.1, 0.15) is 31.9 Å². The van der Waals surface area contributed by atoms with Gasteiger partial charge in [0.05, 0.1) is 0 Å². The van der Waals surface area contributed by atoms with Gasteiger partial charge in [-0.1, -0.05) is 18.2 Å². The van der Waals surface area contributed by atoms with Crippen molar-refractivity contribution in [2.75, 3.05) is 13.1 Å². The molecule has 2 N–H and O–H groups in total. The zero-order chi connectivity index (χ0) is 12.8. The molecule has 94 valence electrons. The Balaban J connectivity index is 2.70. The van der Waals surface area contributed by atoms with Gasteiger partial charge in [0, 0.05) is 31.1 Å². The van der Waals surface area contributed by atoms with Crippen LogP contribution in [0.15, 0.2) is 24.3 Å². The zero-order valence-electron chi connectivity index (χ0n) is 10.3. The molecule has 1 amide bonds.